The van der Waals surface area contributed by atoms with Gasteiger partial charge in [-0.15, -0.1) is 0 Å². The van der Waals surface area contributed by atoms with Crippen LogP contribution in [0.15, 0.2) is 12.1 Å². The highest BCUT2D eigenvalue weighted by molar-refractivity contribution is 6.30. The average molecular weight is 245 g/mol. The lowest BCUT2D eigenvalue weighted by molar-refractivity contribution is -0.153. The van der Waals surface area contributed by atoms with E-state index in [4.69, 9.17) is 11.6 Å². The minimum Gasteiger partial charge on any atom is -0.507 e. The van der Waals surface area contributed by atoms with E-state index in [1.807, 2.05) is 0 Å². The molecule has 0 aliphatic rings. The molecule has 0 saturated carbocycles. The average Bonchev–Trinajstić information content (AvgIpc) is 2.22. The smallest absolute Gasteiger partial charge is 0.339 e. The quantitative estimate of drug-likeness (QED) is 0.798. The van der Waals surface area contributed by atoms with Gasteiger partial charge in [0.25, 0.3) is 0 Å². The van der Waals surface area contributed by atoms with E-state index in [-0.39, 0.29) is 17.9 Å². The summed E-state index contributed by atoms with van der Waals surface area (Å²) in [5.74, 6) is -0.954. The summed E-state index contributed by atoms with van der Waals surface area (Å²) in [4.78, 5) is 11.3. The fourth-order valence-corrected chi connectivity index (χ4v) is 1.60. The first-order valence-corrected chi connectivity index (χ1v) is 5.18. The number of phenols is 1. The SMILES string of the molecule is CCOC(=O)C(O)c1cc(Cl)cc(C)c1O. The van der Waals surface area contributed by atoms with Gasteiger partial charge >= 0.3 is 5.97 Å². The molecule has 1 aromatic carbocycles. The van der Waals surface area contributed by atoms with E-state index >= 15 is 0 Å². The summed E-state index contributed by atoms with van der Waals surface area (Å²) in [6.45, 7) is 3.42. The van der Waals surface area contributed by atoms with Gasteiger partial charge in [0.2, 0.25) is 0 Å². The van der Waals surface area contributed by atoms with E-state index in [1.165, 1.54) is 12.1 Å². The van der Waals surface area contributed by atoms with Gasteiger partial charge in [-0.3, -0.25) is 0 Å². The van der Waals surface area contributed by atoms with Crippen LogP contribution >= 0.6 is 11.6 Å². The lowest BCUT2D eigenvalue weighted by Crippen LogP contribution is -2.15. The van der Waals surface area contributed by atoms with E-state index in [0.717, 1.165) is 0 Å². The van der Waals surface area contributed by atoms with E-state index < -0.39 is 12.1 Å². The number of halogens is 1. The molecule has 5 heteroatoms. The number of aliphatic hydroxyl groups excluding tert-OH is 1. The Morgan fingerprint density at radius 1 is 1.56 bits per heavy atom. The maximum Gasteiger partial charge on any atom is 0.339 e. The van der Waals surface area contributed by atoms with Crippen LogP contribution < -0.4 is 0 Å². The third-order valence-electron chi connectivity index (χ3n) is 2.10. The summed E-state index contributed by atoms with van der Waals surface area (Å²) in [5, 5.41) is 19.7. The Morgan fingerprint density at radius 2 is 2.19 bits per heavy atom. The third kappa shape index (κ3) is 2.65. The summed E-state index contributed by atoms with van der Waals surface area (Å²) in [6.07, 6.45) is -1.52. The number of benzene rings is 1. The molecule has 0 aliphatic carbocycles. The topological polar surface area (TPSA) is 66.8 Å². The number of aliphatic hydroxyl groups is 1. The normalized spacial score (nSPS) is 12.2. The molecule has 0 spiro atoms. The van der Waals surface area contributed by atoms with Gasteiger partial charge in [0.15, 0.2) is 6.10 Å². The van der Waals surface area contributed by atoms with Crippen molar-refractivity contribution in [3.63, 3.8) is 0 Å². The lowest BCUT2D eigenvalue weighted by atomic mass is 10.0. The van der Waals surface area contributed by atoms with Crippen LogP contribution in [0.1, 0.15) is 24.2 Å². The van der Waals surface area contributed by atoms with Crippen LogP contribution in [-0.2, 0) is 9.53 Å². The highest BCUT2D eigenvalue weighted by Crippen LogP contribution is 2.31. The molecule has 0 fully saturated rings. The van der Waals surface area contributed by atoms with Crippen molar-refractivity contribution in [3.8, 4) is 5.75 Å². The number of hydrogen-bond donors (Lipinski definition) is 2. The molecule has 2 N–H and O–H groups in total. The van der Waals surface area contributed by atoms with Crippen molar-refractivity contribution in [1.82, 2.24) is 0 Å². The van der Waals surface area contributed by atoms with Crippen molar-refractivity contribution in [2.24, 2.45) is 0 Å². The van der Waals surface area contributed by atoms with Crippen molar-refractivity contribution in [2.45, 2.75) is 20.0 Å². The highest BCUT2D eigenvalue weighted by Gasteiger charge is 2.23. The Balaban J connectivity index is 3.08. The molecule has 0 radical (unpaired) electrons. The lowest BCUT2D eigenvalue weighted by Gasteiger charge is -2.13. The molecule has 0 saturated heterocycles. The molecule has 0 bridgehead atoms. The van der Waals surface area contributed by atoms with Crippen molar-refractivity contribution in [2.75, 3.05) is 6.61 Å². The summed E-state index contributed by atoms with van der Waals surface area (Å²) >= 11 is 5.77. The number of carbonyl (C=O) groups is 1. The standard InChI is InChI=1S/C11H13ClO4/c1-3-16-11(15)10(14)8-5-7(12)4-6(2)9(8)13/h4-5,10,13-14H,3H2,1-2H3. The zero-order valence-corrected chi connectivity index (χ0v) is 9.78. The van der Waals surface area contributed by atoms with Gasteiger partial charge in [-0.1, -0.05) is 11.6 Å². The van der Waals surface area contributed by atoms with Crippen LogP contribution in [0, 0.1) is 6.92 Å². The van der Waals surface area contributed by atoms with Gasteiger partial charge in [0.1, 0.15) is 5.75 Å². The predicted molar refractivity (Wildman–Crippen MR) is 59.4 cm³/mol. The van der Waals surface area contributed by atoms with Gasteiger partial charge in [0.05, 0.1) is 6.61 Å². The summed E-state index contributed by atoms with van der Waals surface area (Å²) < 4.78 is 4.65. The molecule has 1 rings (SSSR count). The largest absolute Gasteiger partial charge is 0.507 e. The summed E-state index contributed by atoms with van der Waals surface area (Å²) in [5.41, 5.74) is 0.550. The fourth-order valence-electron chi connectivity index (χ4n) is 1.32. The molecule has 0 aliphatic heterocycles. The zero-order chi connectivity index (χ0) is 12.3. The van der Waals surface area contributed by atoms with Crippen LogP contribution in [0.2, 0.25) is 5.02 Å². The molecule has 0 heterocycles. The third-order valence-corrected chi connectivity index (χ3v) is 2.32. The van der Waals surface area contributed by atoms with Gasteiger partial charge in [-0.25, -0.2) is 4.79 Å². The fraction of sp³-hybridized carbons (Fsp3) is 0.364. The molecule has 1 aromatic rings. The Labute approximate surface area is 98.4 Å². The first-order valence-electron chi connectivity index (χ1n) is 4.81. The molecule has 4 nitrogen and oxygen atoms in total. The zero-order valence-electron chi connectivity index (χ0n) is 9.03. The van der Waals surface area contributed by atoms with Crippen LogP contribution in [-0.4, -0.2) is 22.8 Å². The summed E-state index contributed by atoms with van der Waals surface area (Å²) in [6, 6.07) is 2.88. The molecule has 0 amide bonds. The van der Waals surface area contributed by atoms with E-state index in [0.29, 0.717) is 10.6 Å². The minimum absolute atomic E-state index is 0.0588. The molecule has 1 unspecified atom stereocenters. The number of phenolic OH excluding ortho intramolecular Hbond substituents is 1. The maximum atomic E-state index is 11.3. The van der Waals surface area contributed by atoms with Gasteiger partial charge in [0, 0.05) is 10.6 Å². The maximum absolute atomic E-state index is 11.3. The minimum atomic E-state index is -1.52. The first kappa shape index (κ1) is 12.8. The Kier molecular flexibility index (Phi) is 4.15. The second-order valence-electron chi connectivity index (χ2n) is 3.32. The number of carbonyl (C=O) groups excluding carboxylic acids is 1. The number of aryl methyl sites for hydroxylation is 1. The molecule has 1 atom stereocenters. The van der Waals surface area contributed by atoms with Gasteiger partial charge < -0.3 is 14.9 Å². The predicted octanol–water partition coefficient (Wildman–Crippen LogP) is 1.95. The number of aromatic hydroxyl groups is 1. The van der Waals surface area contributed by atoms with Crippen LogP contribution in [0.5, 0.6) is 5.75 Å². The molecule has 0 aromatic heterocycles. The van der Waals surface area contributed by atoms with E-state index in [1.54, 1.807) is 13.8 Å². The van der Waals surface area contributed by atoms with Crippen LogP contribution in [0.4, 0.5) is 0 Å². The summed E-state index contributed by atoms with van der Waals surface area (Å²) in [7, 11) is 0. The number of hydrogen-bond acceptors (Lipinski definition) is 4. The monoisotopic (exact) mass is 244 g/mol. The van der Waals surface area contributed by atoms with Gasteiger partial charge in [-0.05, 0) is 31.5 Å². The van der Waals surface area contributed by atoms with Crippen molar-refractivity contribution in [3.05, 3.63) is 28.3 Å². The number of rotatable bonds is 3. The Hall–Kier alpha value is -1.26. The van der Waals surface area contributed by atoms with Crippen LogP contribution in [0.25, 0.3) is 0 Å². The first-order chi connectivity index (χ1) is 7.47. The van der Waals surface area contributed by atoms with Crippen LogP contribution in [0.3, 0.4) is 0 Å². The highest BCUT2D eigenvalue weighted by atomic mass is 35.5. The Morgan fingerprint density at radius 3 is 2.75 bits per heavy atom. The van der Waals surface area contributed by atoms with Gasteiger partial charge in [-0.2, -0.15) is 0 Å². The number of ether oxygens (including phenoxy) is 1. The second-order valence-corrected chi connectivity index (χ2v) is 3.75. The number of esters is 1. The Bertz CT molecular complexity index is 403. The molecular weight excluding hydrogens is 232 g/mol. The van der Waals surface area contributed by atoms with E-state index in [2.05, 4.69) is 4.74 Å². The molecular formula is C11H13ClO4. The van der Waals surface area contributed by atoms with Crippen molar-refractivity contribution < 1.29 is 19.7 Å². The molecule has 88 valence electrons. The van der Waals surface area contributed by atoms with Crippen molar-refractivity contribution in [1.29, 1.82) is 0 Å². The van der Waals surface area contributed by atoms with E-state index in [9.17, 15) is 15.0 Å². The second kappa shape index (κ2) is 5.18. The van der Waals surface area contributed by atoms with Crippen molar-refractivity contribution >= 4 is 17.6 Å². The molecule has 16 heavy (non-hydrogen) atoms.